The van der Waals surface area contributed by atoms with Gasteiger partial charge >= 0.3 is 6.18 Å². The summed E-state index contributed by atoms with van der Waals surface area (Å²) in [5.41, 5.74) is 0.844. The number of aromatic nitrogens is 3. The van der Waals surface area contributed by atoms with Crippen LogP contribution in [0.5, 0.6) is 0 Å². The number of amides is 4. The van der Waals surface area contributed by atoms with Crippen LogP contribution >= 0.6 is 12.2 Å². The number of halogens is 3. The third kappa shape index (κ3) is 8.53. The van der Waals surface area contributed by atoms with E-state index in [4.69, 9.17) is 17.3 Å². The number of benzene rings is 2. The third-order valence-electron chi connectivity index (χ3n) is 14.4. The number of nitrogens with one attached hydrogen (secondary N) is 3. The van der Waals surface area contributed by atoms with Gasteiger partial charge in [-0.3, -0.25) is 34.1 Å². The largest absolute Gasteiger partial charge is 0.433 e. The molecule has 338 valence electrons. The number of pyridine rings is 1. The van der Waals surface area contributed by atoms with Gasteiger partial charge in [0.15, 0.2) is 0 Å². The molecule has 9 rings (SSSR count). The first-order chi connectivity index (χ1) is 30.4. The minimum absolute atomic E-state index is 0.0128. The molecule has 64 heavy (non-hydrogen) atoms. The molecule has 0 radical (unpaired) electrons. The molecule has 1 saturated heterocycles. The number of piperidine rings is 1. The lowest BCUT2D eigenvalue weighted by Crippen LogP contribution is -2.54. The summed E-state index contributed by atoms with van der Waals surface area (Å²) in [5, 5.41) is 25.7. The Bertz CT molecular complexity index is 2530. The van der Waals surface area contributed by atoms with E-state index in [-0.39, 0.29) is 46.6 Å². The number of anilines is 2. The average Bonchev–Trinajstić information content (AvgIpc) is 3.77. The van der Waals surface area contributed by atoms with Crippen molar-refractivity contribution in [3.8, 4) is 0 Å². The van der Waals surface area contributed by atoms with Crippen LogP contribution < -0.4 is 16.0 Å². The summed E-state index contributed by atoms with van der Waals surface area (Å²) in [6.07, 6.45) is 8.30. The highest BCUT2D eigenvalue weighted by Gasteiger charge is 2.49. The van der Waals surface area contributed by atoms with Gasteiger partial charge in [0.05, 0.1) is 34.0 Å². The zero-order valence-corrected chi connectivity index (χ0v) is 37.0. The fourth-order valence-corrected chi connectivity index (χ4v) is 11.2. The Morgan fingerprint density at radius 2 is 1.67 bits per heavy atom. The van der Waals surface area contributed by atoms with Crippen molar-refractivity contribution < 1.29 is 37.5 Å². The number of carbonyl (C=O) groups is 4. The smallest absolute Gasteiger partial charge is 0.386 e. The Kier molecular flexibility index (Phi) is 11.4. The molecule has 4 N–H and O–H groups in total. The maximum absolute atomic E-state index is 13.6. The Morgan fingerprint density at radius 3 is 2.36 bits per heavy atom. The van der Waals surface area contributed by atoms with Gasteiger partial charge in [-0.2, -0.15) is 18.3 Å². The highest BCUT2D eigenvalue weighted by molar-refractivity contribution is 7.81. The Hall–Kier alpha value is -5.26. The van der Waals surface area contributed by atoms with Gasteiger partial charge < -0.3 is 20.6 Å². The predicted molar refractivity (Wildman–Crippen MR) is 238 cm³/mol. The highest BCUT2D eigenvalue weighted by Crippen LogP contribution is 2.53. The van der Waals surface area contributed by atoms with Crippen molar-refractivity contribution in [3.63, 3.8) is 0 Å². The molecule has 3 aliphatic carbocycles. The van der Waals surface area contributed by atoms with Crippen LogP contribution in [0.3, 0.4) is 0 Å². The Labute approximate surface area is 374 Å². The van der Waals surface area contributed by atoms with Crippen LogP contribution in [0.4, 0.5) is 24.5 Å². The van der Waals surface area contributed by atoms with Crippen molar-refractivity contribution >= 4 is 63.1 Å². The topological polar surface area (TPSA) is 162 Å². The molecule has 17 heteroatoms. The molecule has 2 aromatic heterocycles. The molecule has 13 nitrogen and oxygen atoms in total. The molecule has 1 atom stereocenters. The minimum Gasteiger partial charge on any atom is -0.386 e. The van der Waals surface area contributed by atoms with Crippen molar-refractivity contribution in [2.24, 2.45) is 11.3 Å². The van der Waals surface area contributed by atoms with Gasteiger partial charge in [0.25, 0.3) is 11.8 Å². The van der Waals surface area contributed by atoms with Crippen LogP contribution in [-0.2, 0) is 21.4 Å². The zero-order valence-electron chi connectivity index (χ0n) is 36.1. The lowest BCUT2D eigenvalue weighted by atomic mass is 9.57. The van der Waals surface area contributed by atoms with Gasteiger partial charge in [-0.15, -0.1) is 0 Å². The Morgan fingerprint density at radius 1 is 0.953 bits per heavy atom. The first-order valence-electron chi connectivity index (χ1n) is 22.3. The number of rotatable bonds is 10. The Balaban J connectivity index is 0.759. The summed E-state index contributed by atoms with van der Waals surface area (Å²) in [5.74, 6) is -1.43. The summed E-state index contributed by atoms with van der Waals surface area (Å²) in [7, 11) is 2.26. The molecule has 4 amide bonds. The van der Waals surface area contributed by atoms with Gasteiger partial charge in [0.2, 0.25) is 11.8 Å². The molecule has 5 aliphatic rings. The van der Waals surface area contributed by atoms with Crippen molar-refractivity contribution in [3.05, 3.63) is 82.8 Å². The fraction of sp³-hybridized carbons (Fsp3) is 0.511. The molecule has 2 aromatic carbocycles. The maximum Gasteiger partial charge on any atom is 0.433 e. The monoisotopic (exact) mass is 898 g/mol. The van der Waals surface area contributed by atoms with Crippen LogP contribution in [0.25, 0.3) is 10.9 Å². The third-order valence-corrected chi connectivity index (χ3v) is 14.7. The van der Waals surface area contributed by atoms with Crippen molar-refractivity contribution in [2.45, 2.75) is 127 Å². The number of hydrogen-bond acceptors (Lipinski definition) is 10. The summed E-state index contributed by atoms with van der Waals surface area (Å²) in [6.45, 7) is 4.33. The van der Waals surface area contributed by atoms with E-state index in [9.17, 15) is 37.5 Å². The van der Waals surface area contributed by atoms with E-state index in [0.717, 1.165) is 87.1 Å². The number of alkyl halides is 3. The van der Waals surface area contributed by atoms with Crippen LogP contribution in [-0.4, -0.2) is 90.0 Å². The summed E-state index contributed by atoms with van der Waals surface area (Å²) in [6, 6.07) is 12.4. The van der Waals surface area contributed by atoms with E-state index in [1.165, 1.54) is 12.1 Å². The standard InChI is InChI=1S/C47H53F3N8O5S/c1-45(2,63)32-21-35-27(20-36(32)53-42(64)34-8-5-9-38(52-34)47(48,49)50)25-57(55-35)30-12-10-26(11-13-30)24-56(3)29-16-18-46(19-17-29)22-28(23-46)51-33-7-4-6-31-40(33)44(62)58(43(31)61)37-14-15-39(59)54-41(37)60/h4-9,20-21,25-26,28-30,37,51,63H,10-19,22-24H2,1-3H3,(H,53,64)(H,54,59,60)/t26-,28?,29?,30-,37?,46?. The quantitative estimate of drug-likeness (QED) is 0.0911. The van der Waals surface area contributed by atoms with E-state index < -0.39 is 47.1 Å². The summed E-state index contributed by atoms with van der Waals surface area (Å²) < 4.78 is 42.1. The van der Waals surface area contributed by atoms with Crippen molar-refractivity contribution in [2.75, 3.05) is 24.2 Å². The lowest BCUT2D eigenvalue weighted by Gasteiger charge is -2.53. The molecule has 0 bridgehead atoms. The van der Waals surface area contributed by atoms with Gasteiger partial charge in [-0.1, -0.05) is 24.4 Å². The number of nitrogens with zero attached hydrogens (tertiary/aromatic N) is 5. The van der Waals surface area contributed by atoms with Gasteiger partial charge in [0, 0.05) is 53.6 Å². The second-order valence-corrected chi connectivity index (χ2v) is 19.7. The molecular formula is C47H53F3N8O5S. The molecule has 3 saturated carbocycles. The zero-order chi connectivity index (χ0) is 45.3. The van der Waals surface area contributed by atoms with Gasteiger partial charge in [0.1, 0.15) is 16.7 Å². The molecule has 4 heterocycles. The molecule has 1 spiro atoms. The number of imide groups is 2. The second-order valence-electron chi connectivity index (χ2n) is 19.3. The first kappa shape index (κ1) is 44.0. The molecular weight excluding hydrogens is 846 g/mol. The number of aliphatic hydroxyl groups is 1. The molecule has 1 unspecified atom stereocenters. The van der Waals surface area contributed by atoms with Crippen LogP contribution in [0.15, 0.2) is 54.7 Å². The lowest BCUT2D eigenvalue weighted by molar-refractivity contribution is -0.141. The average molecular weight is 899 g/mol. The van der Waals surface area contributed by atoms with E-state index in [1.54, 1.807) is 26.0 Å². The SMILES string of the molecule is CN(C[C@H]1CC[C@H](n2cc3cc(NC(=S)c4cccc(C(F)(F)F)n4)c(C(C)(C)O)cc3n2)CC1)C1CCC2(CC1)CC(Nc1cccc3c1C(=O)N(C1CCC(=O)NC1=O)C3=O)C2. The van der Waals surface area contributed by atoms with E-state index in [1.807, 2.05) is 29.1 Å². The van der Waals surface area contributed by atoms with Crippen LogP contribution in [0.2, 0.25) is 0 Å². The normalized spacial score (nSPS) is 26.3. The number of fused-ring (bicyclic) bond motifs is 2. The fourth-order valence-electron chi connectivity index (χ4n) is 10.9. The van der Waals surface area contributed by atoms with E-state index >= 15 is 0 Å². The summed E-state index contributed by atoms with van der Waals surface area (Å²) >= 11 is 5.48. The van der Waals surface area contributed by atoms with Crippen LogP contribution in [0, 0.1) is 11.3 Å². The second kappa shape index (κ2) is 16.6. The van der Waals surface area contributed by atoms with E-state index in [0.29, 0.717) is 40.0 Å². The molecule has 4 fully saturated rings. The molecule has 4 aromatic rings. The number of thiocarbonyl (C=S) groups is 1. The highest BCUT2D eigenvalue weighted by atomic mass is 32.1. The first-order valence-corrected chi connectivity index (χ1v) is 22.7. The minimum atomic E-state index is -4.61. The number of carbonyl (C=O) groups excluding carboxylic acids is 4. The molecule has 2 aliphatic heterocycles. The van der Waals surface area contributed by atoms with E-state index in [2.05, 4.69) is 32.9 Å². The maximum atomic E-state index is 13.6. The van der Waals surface area contributed by atoms with Crippen molar-refractivity contribution in [1.82, 2.24) is 29.9 Å². The van der Waals surface area contributed by atoms with Gasteiger partial charge in [-0.25, -0.2) is 4.98 Å². The predicted octanol–water partition coefficient (Wildman–Crippen LogP) is 7.73. The van der Waals surface area contributed by atoms with Crippen molar-refractivity contribution in [1.29, 1.82) is 0 Å². The van der Waals surface area contributed by atoms with Gasteiger partial charge in [-0.05, 0) is 139 Å². The van der Waals surface area contributed by atoms with Crippen LogP contribution in [0.1, 0.15) is 135 Å². The number of hydrogen-bond donors (Lipinski definition) is 4. The summed E-state index contributed by atoms with van der Waals surface area (Å²) in [4.78, 5) is 58.5.